The molecule has 2 aliphatic heterocycles. The van der Waals surface area contributed by atoms with Crippen LogP contribution in [0.3, 0.4) is 0 Å². The zero-order valence-corrected chi connectivity index (χ0v) is 13.5. The molecule has 0 unspecified atom stereocenters. The molecule has 0 aromatic heterocycles. The third-order valence-electron chi connectivity index (χ3n) is 4.79. The molecule has 1 atom stereocenters. The second-order valence-electron chi connectivity index (χ2n) is 6.38. The molecule has 0 aromatic rings. The molecule has 0 aliphatic carbocycles. The van der Waals surface area contributed by atoms with Crippen LogP contribution >= 0.6 is 12.4 Å². The van der Waals surface area contributed by atoms with Crippen molar-refractivity contribution in [2.75, 3.05) is 26.3 Å². The minimum atomic E-state index is -0.334. The molecule has 2 aliphatic rings. The van der Waals surface area contributed by atoms with E-state index < -0.39 is 0 Å². The minimum absolute atomic E-state index is 0. The first-order valence-corrected chi connectivity index (χ1v) is 7.71. The van der Waals surface area contributed by atoms with Gasteiger partial charge in [-0.1, -0.05) is 13.8 Å². The van der Waals surface area contributed by atoms with Crippen LogP contribution in [0.15, 0.2) is 0 Å². The molecule has 0 aromatic carbocycles. The van der Waals surface area contributed by atoms with E-state index >= 15 is 0 Å². The number of carbonyl (C=O) groups excluding carboxylic acids is 1. The summed E-state index contributed by atoms with van der Waals surface area (Å²) >= 11 is 0. The van der Waals surface area contributed by atoms with E-state index in [2.05, 4.69) is 0 Å². The van der Waals surface area contributed by atoms with E-state index in [9.17, 15) is 4.79 Å². The van der Waals surface area contributed by atoms with Crippen LogP contribution in [-0.2, 0) is 9.53 Å². The summed E-state index contributed by atoms with van der Waals surface area (Å²) in [5.41, 5.74) is 5.96. The van der Waals surface area contributed by atoms with Gasteiger partial charge < -0.3 is 15.4 Å². The van der Waals surface area contributed by atoms with Crippen LogP contribution in [0.25, 0.3) is 0 Å². The van der Waals surface area contributed by atoms with E-state index in [0.29, 0.717) is 0 Å². The summed E-state index contributed by atoms with van der Waals surface area (Å²) in [4.78, 5) is 14.2. The molecule has 2 saturated heterocycles. The fourth-order valence-electron chi connectivity index (χ4n) is 3.27. The number of likely N-dealkylation sites (tertiary alicyclic amines) is 1. The summed E-state index contributed by atoms with van der Waals surface area (Å²) in [5, 5.41) is 0. The normalized spacial score (nSPS) is 23.5. The highest BCUT2D eigenvalue weighted by Gasteiger charge is 2.31. The molecule has 2 rings (SSSR count). The Labute approximate surface area is 128 Å². The number of nitrogens with two attached hydrogens (primary N) is 1. The number of amides is 1. The Balaban J connectivity index is 0.00000200. The zero-order valence-electron chi connectivity index (χ0n) is 12.7. The zero-order chi connectivity index (χ0) is 13.8. The number of halogens is 1. The SMILES string of the molecule is CC(C)[C@H](N)C(=O)N1CCC(C2CCOCC2)CC1.Cl. The number of hydrogen-bond acceptors (Lipinski definition) is 3. The van der Waals surface area contributed by atoms with Crippen LogP contribution in [0.5, 0.6) is 0 Å². The summed E-state index contributed by atoms with van der Waals surface area (Å²) in [7, 11) is 0. The van der Waals surface area contributed by atoms with E-state index in [1.807, 2.05) is 18.7 Å². The third-order valence-corrected chi connectivity index (χ3v) is 4.79. The van der Waals surface area contributed by atoms with Gasteiger partial charge in [-0.3, -0.25) is 4.79 Å². The molecule has 20 heavy (non-hydrogen) atoms. The summed E-state index contributed by atoms with van der Waals surface area (Å²) in [6.45, 7) is 7.64. The number of nitrogens with zero attached hydrogens (tertiary/aromatic N) is 1. The molecule has 5 heteroatoms. The van der Waals surface area contributed by atoms with Crippen LogP contribution in [0.4, 0.5) is 0 Å². The molecule has 0 saturated carbocycles. The van der Waals surface area contributed by atoms with Gasteiger partial charge in [-0.15, -0.1) is 12.4 Å². The smallest absolute Gasteiger partial charge is 0.239 e. The Bertz CT molecular complexity index is 298. The second-order valence-corrected chi connectivity index (χ2v) is 6.38. The number of ether oxygens (including phenoxy) is 1. The highest BCUT2D eigenvalue weighted by Crippen LogP contribution is 2.31. The van der Waals surface area contributed by atoms with Gasteiger partial charge in [0.2, 0.25) is 5.91 Å². The molecule has 1 amide bonds. The van der Waals surface area contributed by atoms with Gasteiger partial charge in [0.15, 0.2) is 0 Å². The standard InChI is InChI=1S/C15H28N2O2.ClH/c1-11(2)14(16)15(18)17-7-3-12(4-8-17)13-5-9-19-10-6-13;/h11-14H,3-10,16H2,1-2H3;1H/t14-;/m0./s1. The first-order chi connectivity index (χ1) is 9.09. The largest absolute Gasteiger partial charge is 0.381 e. The second kappa shape index (κ2) is 8.20. The van der Waals surface area contributed by atoms with Crippen molar-refractivity contribution < 1.29 is 9.53 Å². The van der Waals surface area contributed by atoms with Crippen molar-refractivity contribution in [1.82, 2.24) is 4.90 Å². The topological polar surface area (TPSA) is 55.6 Å². The monoisotopic (exact) mass is 304 g/mol. The van der Waals surface area contributed by atoms with Gasteiger partial charge in [-0.2, -0.15) is 0 Å². The van der Waals surface area contributed by atoms with Crippen molar-refractivity contribution in [3.63, 3.8) is 0 Å². The van der Waals surface area contributed by atoms with E-state index in [0.717, 1.165) is 51.0 Å². The predicted octanol–water partition coefficient (Wildman–Crippen LogP) is 2.06. The van der Waals surface area contributed by atoms with Crippen molar-refractivity contribution in [3.8, 4) is 0 Å². The van der Waals surface area contributed by atoms with Gasteiger partial charge in [0.25, 0.3) is 0 Å². The van der Waals surface area contributed by atoms with Gasteiger partial charge >= 0.3 is 0 Å². The van der Waals surface area contributed by atoms with Crippen LogP contribution in [0.1, 0.15) is 39.5 Å². The highest BCUT2D eigenvalue weighted by atomic mass is 35.5. The van der Waals surface area contributed by atoms with Gasteiger partial charge in [-0.05, 0) is 43.4 Å². The molecule has 4 nitrogen and oxygen atoms in total. The quantitative estimate of drug-likeness (QED) is 0.868. The van der Waals surface area contributed by atoms with Crippen molar-refractivity contribution in [1.29, 1.82) is 0 Å². The molecule has 2 fully saturated rings. The Hall–Kier alpha value is -0.320. The number of rotatable bonds is 3. The first kappa shape index (κ1) is 17.7. The van der Waals surface area contributed by atoms with Crippen molar-refractivity contribution in [3.05, 3.63) is 0 Å². The summed E-state index contributed by atoms with van der Waals surface area (Å²) < 4.78 is 5.43. The fraction of sp³-hybridized carbons (Fsp3) is 0.933. The molecule has 2 N–H and O–H groups in total. The van der Waals surface area contributed by atoms with Crippen LogP contribution in [0.2, 0.25) is 0 Å². The Morgan fingerprint density at radius 1 is 1.10 bits per heavy atom. The summed E-state index contributed by atoms with van der Waals surface area (Å²) in [5.74, 6) is 1.95. The van der Waals surface area contributed by atoms with Crippen molar-refractivity contribution in [2.45, 2.75) is 45.6 Å². The Morgan fingerprint density at radius 2 is 1.60 bits per heavy atom. The molecule has 0 bridgehead atoms. The Morgan fingerprint density at radius 3 is 2.10 bits per heavy atom. The van der Waals surface area contributed by atoms with Gasteiger partial charge in [0.05, 0.1) is 6.04 Å². The third kappa shape index (κ3) is 4.34. The van der Waals surface area contributed by atoms with E-state index in [4.69, 9.17) is 10.5 Å². The van der Waals surface area contributed by atoms with Crippen LogP contribution < -0.4 is 5.73 Å². The molecule has 2 heterocycles. The van der Waals surface area contributed by atoms with Crippen LogP contribution in [-0.4, -0.2) is 43.2 Å². The van der Waals surface area contributed by atoms with E-state index in [-0.39, 0.29) is 30.3 Å². The predicted molar refractivity (Wildman–Crippen MR) is 82.9 cm³/mol. The lowest BCUT2D eigenvalue weighted by Gasteiger charge is -2.38. The molecule has 0 spiro atoms. The average Bonchev–Trinajstić information content (AvgIpc) is 2.46. The average molecular weight is 305 g/mol. The van der Waals surface area contributed by atoms with Crippen LogP contribution in [0, 0.1) is 17.8 Å². The highest BCUT2D eigenvalue weighted by molar-refractivity contribution is 5.85. The van der Waals surface area contributed by atoms with Gasteiger partial charge in [0.1, 0.15) is 0 Å². The maximum absolute atomic E-state index is 12.2. The summed E-state index contributed by atoms with van der Waals surface area (Å²) in [6.07, 6.45) is 4.68. The maximum atomic E-state index is 12.2. The van der Waals surface area contributed by atoms with Crippen molar-refractivity contribution in [2.24, 2.45) is 23.5 Å². The fourth-order valence-corrected chi connectivity index (χ4v) is 3.27. The number of hydrogen-bond donors (Lipinski definition) is 1. The lowest BCUT2D eigenvalue weighted by molar-refractivity contribution is -0.135. The van der Waals surface area contributed by atoms with E-state index in [1.165, 1.54) is 12.8 Å². The van der Waals surface area contributed by atoms with E-state index in [1.54, 1.807) is 0 Å². The van der Waals surface area contributed by atoms with Gasteiger partial charge in [-0.25, -0.2) is 0 Å². The van der Waals surface area contributed by atoms with Gasteiger partial charge in [0, 0.05) is 26.3 Å². The Kier molecular flexibility index (Phi) is 7.27. The molecule has 0 radical (unpaired) electrons. The molecular weight excluding hydrogens is 276 g/mol. The summed E-state index contributed by atoms with van der Waals surface area (Å²) in [6, 6.07) is -0.334. The minimum Gasteiger partial charge on any atom is -0.381 e. The first-order valence-electron chi connectivity index (χ1n) is 7.71. The number of piperidine rings is 1. The molecular formula is C15H29ClN2O2. The van der Waals surface area contributed by atoms with Crippen molar-refractivity contribution >= 4 is 18.3 Å². The lowest BCUT2D eigenvalue weighted by atomic mass is 9.80. The number of carbonyl (C=O) groups is 1. The molecule has 118 valence electrons. The maximum Gasteiger partial charge on any atom is 0.239 e. The lowest BCUT2D eigenvalue weighted by Crippen LogP contribution is -2.49.